The first-order valence-corrected chi connectivity index (χ1v) is 10.9. The van der Waals surface area contributed by atoms with Crippen LogP contribution in [-0.2, 0) is 11.2 Å². The molecule has 0 bridgehead atoms. The Hall–Kier alpha value is -3.50. The van der Waals surface area contributed by atoms with E-state index in [0.29, 0.717) is 16.6 Å². The summed E-state index contributed by atoms with van der Waals surface area (Å²) >= 11 is 5.72. The van der Waals surface area contributed by atoms with Crippen molar-refractivity contribution in [3.63, 3.8) is 0 Å². The number of Topliss-reactive ketones (excluding diaryl/α,β-unsaturated/α-hetero) is 1. The zero-order valence-corrected chi connectivity index (χ0v) is 18.7. The number of likely N-dealkylation sites (tertiary alicyclic amines) is 1. The van der Waals surface area contributed by atoms with Crippen molar-refractivity contribution in [2.45, 2.75) is 31.3 Å². The number of carbonyl (C=O) groups excluding carboxylic acids is 3. The Morgan fingerprint density at radius 1 is 1.15 bits per heavy atom. The molecule has 1 saturated heterocycles. The van der Waals surface area contributed by atoms with Crippen molar-refractivity contribution >= 4 is 46.0 Å². The van der Waals surface area contributed by atoms with Gasteiger partial charge >= 0.3 is 12.1 Å². The molecule has 2 atom stereocenters. The van der Waals surface area contributed by atoms with E-state index in [-0.39, 0.29) is 42.2 Å². The monoisotopic (exact) mass is 489 g/mol. The first kappa shape index (κ1) is 23.7. The van der Waals surface area contributed by atoms with Gasteiger partial charge < -0.3 is 21.7 Å². The van der Waals surface area contributed by atoms with Crippen LogP contribution in [0, 0.1) is 11.6 Å². The van der Waals surface area contributed by atoms with Gasteiger partial charge in [-0.15, -0.1) is 0 Å². The number of hydrogen-bond donors (Lipinski definition) is 3. The topological polar surface area (TPSA) is 123 Å². The van der Waals surface area contributed by atoms with Gasteiger partial charge in [-0.2, -0.15) is 0 Å². The number of para-hydroxylation sites is 1. The second kappa shape index (κ2) is 9.40. The molecule has 11 heteroatoms. The molecule has 34 heavy (non-hydrogen) atoms. The number of rotatable bonds is 5. The highest BCUT2D eigenvalue weighted by atomic mass is 35.5. The predicted molar refractivity (Wildman–Crippen MR) is 124 cm³/mol. The number of anilines is 1. The van der Waals surface area contributed by atoms with E-state index in [4.69, 9.17) is 23.1 Å². The molecule has 1 aromatic heterocycles. The molecular formula is C23H22ClF2N5O3. The van der Waals surface area contributed by atoms with Gasteiger partial charge in [-0.05, 0) is 31.0 Å². The maximum absolute atomic E-state index is 14.2. The third-order valence-corrected chi connectivity index (χ3v) is 6.21. The van der Waals surface area contributed by atoms with Gasteiger partial charge in [0.15, 0.2) is 5.78 Å². The summed E-state index contributed by atoms with van der Waals surface area (Å²) in [6, 6.07) is 6.43. The fourth-order valence-corrected chi connectivity index (χ4v) is 4.44. The van der Waals surface area contributed by atoms with Crippen LogP contribution in [0.4, 0.5) is 24.1 Å². The van der Waals surface area contributed by atoms with E-state index in [2.05, 4.69) is 5.32 Å². The number of hydrogen-bond acceptors (Lipinski definition) is 4. The molecule has 0 aliphatic carbocycles. The zero-order chi connectivity index (χ0) is 24.6. The summed E-state index contributed by atoms with van der Waals surface area (Å²) in [7, 11) is 0. The molecule has 3 aromatic rings. The van der Waals surface area contributed by atoms with Crippen molar-refractivity contribution in [3.05, 3.63) is 64.8 Å². The number of ketones is 1. The van der Waals surface area contributed by atoms with E-state index >= 15 is 0 Å². The van der Waals surface area contributed by atoms with Crippen LogP contribution in [0.2, 0.25) is 5.02 Å². The third-order valence-electron chi connectivity index (χ3n) is 5.92. The number of fused-ring (bicyclic) bond motifs is 1. The summed E-state index contributed by atoms with van der Waals surface area (Å²) in [5.41, 5.74) is 12.0. The van der Waals surface area contributed by atoms with E-state index < -0.39 is 35.8 Å². The summed E-state index contributed by atoms with van der Waals surface area (Å²) in [6.45, 7) is 0.122. The van der Waals surface area contributed by atoms with Gasteiger partial charge in [0.1, 0.15) is 11.6 Å². The number of urea groups is 1. The van der Waals surface area contributed by atoms with Crippen LogP contribution in [0.15, 0.2) is 42.6 Å². The molecule has 0 spiro atoms. The van der Waals surface area contributed by atoms with Gasteiger partial charge in [0.2, 0.25) is 0 Å². The van der Waals surface area contributed by atoms with Crippen LogP contribution >= 0.6 is 11.6 Å². The Morgan fingerprint density at radius 2 is 1.88 bits per heavy atom. The van der Waals surface area contributed by atoms with Crippen LogP contribution in [0.25, 0.3) is 10.9 Å². The van der Waals surface area contributed by atoms with Crippen LogP contribution in [0.5, 0.6) is 0 Å². The molecule has 2 aromatic carbocycles. The van der Waals surface area contributed by atoms with E-state index in [1.54, 1.807) is 24.3 Å². The highest BCUT2D eigenvalue weighted by Gasteiger charge is 2.38. The van der Waals surface area contributed by atoms with Crippen LogP contribution < -0.4 is 16.8 Å². The number of halogens is 3. The van der Waals surface area contributed by atoms with Gasteiger partial charge in [-0.1, -0.05) is 29.8 Å². The lowest BCUT2D eigenvalue weighted by Gasteiger charge is -2.24. The average Bonchev–Trinajstić information content (AvgIpc) is 3.37. The number of nitrogens with one attached hydrogen (secondary N) is 1. The van der Waals surface area contributed by atoms with E-state index in [0.717, 1.165) is 12.1 Å². The van der Waals surface area contributed by atoms with Crippen LogP contribution in [-0.4, -0.2) is 45.9 Å². The number of carbonyl (C=O) groups is 3. The number of nitrogens with two attached hydrogens (primary N) is 2. The lowest BCUT2D eigenvalue weighted by Crippen LogP contribution is -2.43. The van der Waals surface area contributed by atoms with Gasteiger partial charge in [-0.3, -0.25) is 9.36 Å². The van der Waals surface area contributed by atoms with Crippen molar-refractivity contribution in [3.8, 4) is 0 Å². The minimum atomic E-state index is -0.905. The summed E-state index contributed by atoms with van der Waals surface area (Å²) in [5.74, 6) is -2.07. The lowest BCUT2D eigenvalue weighted by molar-refractivity contribution is -0.122. The lowest BCUT2D eigenvalue weighted by atomic mass is 10.0. The first-order chi connectivity index (χ1) is 16.2. The molecule has 5 N–H and O–H groups in total. The quantitative estimate of drug-likeness (QED) is 0.473. The van der Waals surface area contributed by atoms with Crippen molar-refractivity contribution in [1.82, 2.24) is 9.47 Å². The molecule has 0 radical (unpaired) electrons. The third kappa shape index (κ3) is 4.46. The fraction of sp³-hybridized carbons (Fsp3) is 0.261. The van der Waals surface area contributed by atoms with Gasteiger partial charge in [0, 0.05) is 36.2 Å². The number of benzene rings is 2. The maximum atomic E-state index is 14.2. The molecule has 8 nitrogen and oxygen atoms in total. The highest BCUT2D eigenvalue weighted by molar-refractivity contribution is 6.30. The number of aromatic nitrogens is 1. The minimum absolute atomic E-state index is 0.122. The van der Waals surface area contributed by atoms with Gasteiger partial charge in [-0.25, -0.2) is 18.4 Å². The normalized spacial score (nSPS) is 17.8. The van der Waals surface area contributed by atoms with Crippen LogP contribution in [0.3, 0.4) is 0 Å². The van der Waals surface area contributed by atoms with Crippen molar-refractivity contribution in [2.75, 3.05) is 11.9 Å². The summed E-state index contributed by atoms with van der Waals surface area (Å²) in [5, 5.41) is 3.08. The Bertz CT molecular complexity index is 1300. The van der Waals surface area contributed by atoms with E-state index in [9.17, 15) is 23.2 Å². The second-order valence-electron chi connectivity index (χ2n) is 8.15. The largest absolute Gasteiger partial charge is 0.351 e. The molecule has 0 saturated carbocycles. The van der Waals surface area contributed by atoms with Gasteiger partial charge in [0.25, 0.3) is 0 Å². The summed E-state index contributed by atoms with van der Waals surface area (Å²) < 4.78 is 29.4. The maximum Gasteiger partial charge on any atom is 0.323 e. The van der Waals surface area contributed by atoms with Gasteiger partial charge in [0.05, 0.1) is 22.3 Å². The summed E-state index contributed by atoms with van der Waals surface area (Å²) in [6.07, 6.45) is 1.22. The van der Waals surface area contributed by atoms with E-state index in [1.165, 1.54) is 15.7 Å². The standard InChI is InChI=1S/C23H22ClF2N5O3/c24-15-6-7-16(25)13(21(15)26)5-8-20(32)19-9-12(27)10-31(19)23(34)29-17-11-30(22(28)33)18-4-2-1-3-14(17)18/h1-4,6-7,11-12,19H,5,8-10,27H2,(H2,28,33)(H,29,34)/t12-,19-/m0/s1. The first-order valence-electron chi connectivity index (χ1n) is 10.6. The molecule has 1 aliphatic rings. The molecular weight excluding hydrogens is 468 g/mol. The molecule has 3 amide bonds. The molecule has 1 fully saturated rings. The van der Waals surface area contributed by atoms with Crippen molar-refractivity contribution in [2.24, 2.45) is 11.5 Å². The Labute approximate surface area is 198 Å². The molecule has 2 heterocycles. The van der Waals surface area contributed by atoms with Crippen LogP contribution in [0.1, 0.15) is 18.4 Å². The highest BCUT2D eigenvalue weighted by Crippen LogP contribution is 2.28. The second-order valence-corrected chi connectivity index (χ2v) is 8.56. The minimum Gasteiger partial charge on any atom is -0.351 e. The molecule has 178 valence electrons. The number of primary amides is 1. The Morgan fingerprint density at radius 3 is 2.62 bits per heavy atom. The Kier molecular flexibility index (Phi) is 6.54. The SMILES string of the molecule is NC(=O)n1cc(NC(=O)N2C[C@@H](N)C[C@H]2C(=O)CCc2c(F)ccc(Cl)c2F)c2ccccc21. The molecule has 0 unspecified atom stereocenters. The van der Waals surface area contributed by atoms with E-state index in [1.807, 2.05) is 0 Å². The zero-order valence-electron chi connectivity index (χ0n) is 17.9. The van der Waals surface area contributed by atoms with Crippen molar-refractivity contribution < 1.29 is 23.2 Å². The molecule has 1 aliphatic heterocycles. The predicted octanol–water partition coefficient (Wildman–Crippen LogP) is 3.64. The Balaban J connectivity index is 1.51. The number of amides is 3. The molecule has 4 rings (SSSR count). The summed E-state index contributed by atoms with van der Waals surface area (Å²) in [4.78, 5) is 39.0. The average molecular weight is 490 g/mol. The smallest absolute Gasteiger partial charge is 0.323 e. The van der Waals surface area contributed by atoms with Crippen molar-refractivity contribution in [1.29, 1.82) is 0 Å². The number of nitrogens with zero attached hydrogens (tertiary/aromatic N) is 2. The fourth-order valence-electron chi connectivity index (χ4n) is 4.26.